The van der Waals surface area contributed by atoms with Crippen LogP contribution >= 0.6 is 0 Å². The molecule has 4 nitrogen and oxygen atoms in total. The van der Waals surface area contributed by atoms with Gasteiger partial charge in [0.1, 0.15) is 11.7 Å². The third-order valence-electron chi connectivity index (χ3n) is 4.80. The topological polar surface area (TPSA) is 69.9 Å². The molecule has 0 radical (unpaired) electrons. The third kappa shape index (κ3) is 3.71. The molecule has 1 aliphatic rings. The largest absolute Gasteiger partial charge is 0.411 e. The lowest BCUT2D eigenvalue weighted by atomic mass is 9.80. The Labute approximate surface area is 123 Å². The van der Waals surface area contributed by atoms with Crippen LogP contribution in [0.1, 0.15) is 40.0 Å². The predicted molar refractivity (Wildman–Crippen MR) is 83.1 cm³/mol. The van der Waals surface area contributed by atoms with Crippen molar-refractivity contribution in [3.63, 3.8) is 0 Å². The maximum absolute atomic E-state index is 10.9. The number of hydrogen-bond acceptors (Lipinski definition) is 4. The molecule has 0 spiro atoms. The van der Waals surface area contributed by atoms with Gasteiger partial charge in [-0.25, -0.2) is 0 Å². The van der Waals surface area contributed by atoms with Crippen molar-refractivity contribution in [2.45, 2.75) is 76.0 Å². The molecule has 0 fully saturated rings. The summed E-state index contributed by atoms with van der Waals surface area (Å²) in [6.45, 7) is 6.48. The molecular formula is C15H30O4Si. The van der Waals surface area contributed by atoms with Crippen molar-refractivity contribution in [2.24, 2.45) is 0 Å². The molecule has 118 valence electrons. The van der Waals surface area contributed by atoms with Gasteiger partial charge in [-0.3, -0.25) is 0 Å². The summed E-state index contributed by atoms with van der Waals surface area (Å²) in [7, 11) is -1.83. The Balaban J connectivity index is 2.92. The maximum Gasteiger partial charge on any atom is 0.192 e. The van der Waals surface area contributed by atoms with E-state index in [0.29, 0.717) is 19.3 Å². The van der Waals surface area contributed by atoms with Crippen molar-refractivity contribution in [2.75, 3.05) is 6.61 Å². The summed E-state index contributed by atoms with van der Waals surface area (Å²) in [5.41, 5.74) is -1.27. The van der Waals surface area contributed by atoms with Gasteiger partial charge in [0.2, 0.25) is 0 Å². The van der Waals surface area contributed by atoms with Gasteiger partial charge in [-0.05, 0) is 37.4 Å². The summed E-state index contributed by atoms with van der Waals surface area (Å²) >= 11 is 0. The molecule has 0 aromatic carbocycles. The molecule has 0 aromatic heterocycles. The van der Waals surface area contributed by atoms with Gasteiger partial charge < -0.3 is 19.7 Å². The molecule has 0 saturated carbocycles. The van der Waals surface area contributed by atoms with E-state index >= 15 is 0 Å². The molecule has 0 heterocycles. The van der Waals surface area contributed by atoms with E-state index in [2.05, 4.69) is 20.8 Å². The van der Waals surface area contributed by atoms with Crippen molar-refractivity contribution < 1.29 is 19.7 Å². The normalized spacial score (nSPS) is 30.7. The van der Waals surface area contributed by atoms with Crippen molar-refractivity contribution in [1.29, 1.82) is 0 Å². The molecule has 1 rings (SSSR count). The van der Waals surface area contributed by atoms with E-state index in [4.69, 9.17) is 9.53 Å². The van der Waals surface area contributed by atoms with Crippen LogP contribution in [0.3, 0.4) is 0 Å². The summed E-state index contributed by atoms with van der Waals surface area (Å²) in [5, 5.41) is 30.0. The molecular weight excluding hydrogens is 272 g/mol. The van der Waals surface area contributed by atoms with Crippen LogP contribution in [-0.4, -0.2) is 48.1 Å². The zero-order valence-corrected chi connectivity index (χ0v) is 14.0. The summed E-state index contributed by atoms with van der Waals surface area (Å²) in [6.07, 6.45) is 3.73. The molecule has 20 heavy (non-hydrogen) atoms. The quantitative estimate of drug-likeness (QED) is 0.475. The monoisotopic (exact) mass is 302 g/mol. The van der Waals surface area contributed by atoms with E-state index in [-0.39, 0.29) is 12.7 Å². The zero-order chi connectivity index (χ0) is 15.2. The first kappa shape index (κ1) is 17.8. The fourth-order valence-electron chi connectivity index (χ4n) is 3.02. The van der Waals surface area contributed by atoms with Crippen molar-refractivity contribution >= 4 is 8.32 Å². The highest BCUT2D eigenvalue weighted by molar-refractivity contribution is 6.73. The number of rotatable bonds is 8. The fraction of sp³-hybridized carbons (Fsp3) is 0.867. The van der Waals surface area contributed by atoms with Gasteiger partial charge in [0.25, 0.3) is 0 Å². The standard InChI is InChI=1S/C15H30O4Si/c1-4-20(5-2,6-3)19-14-10-7-9-13(17)15(14,18)11-8-12-16/h7,9,13-14,16-18H,4-6,8,10-12H2,1-3H3/t13-,14-,15-/m1/s1. The average molecular weight is 302 g/mol. The SMILES string of the molecule is CC[Si](CC)(CC)O[C@@H]1CC=C[C@@H](O)[C@]1(O)CCCO. The lowest BCUT2D eigenvalue weighted by molar-refractivity contribution is -0.135. The van der Waals surface area contributed by atoms with Crippen LogP contribution in [0.15, 0.2) is 12.2 Å². The molecule has 0 aromatic rings. The minimum absolute atomic E-state index is 0.0172. The average Bonchev–Trinajstić information content (AvgIpc) is 2.47. The van der Waals surface area contributed by atoms with Crippen LogP contribution < -0.4 is 0 Å². The Bertz CT molecular complexity index is 309. The second-order valence-corrected chi connectivity index (χ2v) is 10.5. The lowest BCUT2D eigenvalue weighted by Gasteiger charge is -2.45. The molecule has 0 bridgehead atoms. The summed E-state index contributed by atoms with van der Waals surface area (Å²) < 4.78 is 6.41. The summed E-state index contributed by atoms with van der Waals surface area (Å²) in [5.74, 6) is 0. The van der Waals surface area contributed by atoms with E-state index in [9.17, 15) is 10.2 Å². The number of aliphatic hydroxyl groups is 3. The maximum atomic E-state index is 10.9. The predicted octanol–water partition coefficient (Wildman–Crippen LogP) is 2.20. The highest BCUT2D eigenvalue weighted by Crippen LogP contribution is 2.35. The van der Waals surface area contributed by atoms with Gasteiger partial charge in [-0.15, -0.1) is 0 Å². The van der Waals surface area contributed by atoms with Crippen molar-refractivity contribution in [3.8, 4) is 0 Å². The minimum Gasteiger partial charge on any atom is -0.411 e. The molecule has 3 N–H and O–H groups in total. The van der Waals surface area contributed by atoms with E-state index in [1.165, 1.54) is 0 Å². The van der Waals surface area contributed by atoms with Gasteiger partial charge >= 0.3 is 0 Å². The zero-order valence-electron chi connectivity index (χ0n) is 13.0. The van der Waals surface area contributed by atoms with Gasteiger partial charge in [0.05, 0.1) is 6.10 Å². The Kier molecular flexibility index (Phi) is 6.88. The van der Waals surface area contributed by atoms with Crippen LogP contribution in [0.4, 0.5) is 0 Å². The minimum atomic E-state index is -1.83. The first-order chi connectivity index (χ1) is 9.48. The van der Waals surface area contributed by atoms with Gasteiger partial charge in [0, 0.05) is 6.61 Å². The fourth-order valence-corrected chi connectivity index (χ4v) is 5.92. The Morgan fingerprint density at radius 1 is 1.25 bits per heavy atom. The first-order valence-corrected chi connectivity index (χ1v) is 10.4. The van der Waals surface area contributed by atoms with E-state index < -0.39 is 20.0 Å². The summed E-state index contributed by atoms with van der Waals surface area (Å²) in [4.78, 5) is 0. The Hall–Kier alpha value is -0.203. The van der Waals surface area contributed by atoms with Crippen LogP contribution in [-0.2, 0) is 4.43 Å². The van der Waals surface area contributed by atoms with Crippen LogP contribution in [0.5, 0.6) is 0 Å². The van der Waals surface area contributed by atoms with Crippen molar-refractivity contribution in [1.82, 2.24) is 0 Å². The highest BCUT2D eigenvalue weighted by Gasteiger charge is 2.47. The molecule has 0 unspecified atom stereocenters. The van der Waals surface area contributed by atoms with E-state index in [0.717, 1.165) is 18.1 Å². The number of hydrogen-bond donors (Lipinski definition) is 3. The van der Waals surface area contributed by atoms with Gasteiger partial charge in [0.15, 0.2) is 8.32 Å². The highest BCUT2D eigenvalue weighted by atomic mass is 28.4. The van der Waals surface area contributed by atoms with Crippen LogP contribution in [0, 0.1) is 0 Å². The van der Waals surface area contributed by atoms with Crippen molar-refractivity contribution in [3.05, 3.63) is 12.2 Å². The van der Waals surface area contributed by atoms with Crippen LogP contribution in [0.25, 0.3) is 0 Å². The molecule has 0 amide bonds. The van der Waals surface area contributed by atoms with Gasteiger partial charge in [-0.1, -0.05) is 32.9 Å². The molecule has 5 heteroatoms. The Morgan fingerprint density at radius 3 is 2.35 bits per heavy atom. The van der Waals surface area contributed by atoms with E-state index in [1.807, 2.05) is 6.08 Å². The number of aliphatic hydroxyl groups excluding tert-OH is 2. The van der Waals surface area contributed by atoms with E-state index in [1.54, 1.807) is 6.08 Å². The summed E-state index contributed by atoms with van der Waals surface area (Å²) in [6, 6.07) is 3.06. The second kappa shape index (κ2) is 7.71. The molecule has 3 atom stereocenters. The second-order valence-electron chi connectivity index (χ2n) is 5.78. The van der Waals surface area contributed by atoms with Gasteiger partial charge in [-0.2, -0.15) is 0 Å². The molecule has 0 saturated heterocycles. The van der Waals surface area contributed by atoms with Crippen LogP contribution in [0.2, 0.25) is 18.1 Å². The first-order valence-electron chi connectivity index (χ1n) is 7.83. The molecule has 0 aliphatic heterocycles. The lowest BCUT2D eigenvalue weighted by Crippen LogP contribution is -2.57. The smallest absolute Gasteiger partial charge is 0.192 e. The third-order valence-corrected chi connectivity index (χ3v) is 9.45. The Morgan fingerprint density at radius 2 is 1.85 bits per heavy atom. The molecule has 1 aliphatic carbocycles.